The molecule has 0 aromatic rings. The summed E-state index contributed by atoms with van der Waals surface area (Å²) in [6.45, 7) is 11.3. The van der Waals surface area contributed by atoms with Gasteiger partial charge in [-0.2, -0.15) is 0 Å². The van der Waals surface area contributed by atoms with Crippen LogP contribution in [0.4, 0.5) is 0 Å². The number of hydrogen-bond donors (Lipinski definition) is 2. The van der Waals surface area contributed by atoms with Crippen molar-refractivity contribution in [1.29, 1.82) is 0 Å². The van der Waals surface area contributed by atoms with E-state index in [-0.39, 0.29) is 11.4 Å². The Hall–Kier alpha value is -0.570. The fourth-order valence-corrected chi connectivity index (χ4v) is 2.60. The van der Waals surface area contributed by atoms with E-state index in [2.05, 4.69) is 45.3 Å². The Morgan fingerprint density at radius 1 is 1.28 bits per heavy atom. The molecule has 1 aliphatic carbocycles. The molecule has 0 heterocycles. The highest BCUT2D eigenvalue weighted by Crippen LogP contribution is 2.29. The van der Waals surface area contributed by atoms with Crippen molar-refractivity contribution in [2.45, 2.75) is 71.9 Å². The van der Waals surface area contributed by atoms with E-state index in [9.17, 15) is 4.79 Å². The Morgan fingerprint density at radius 3 is 2.56 bits per heavy atom. The average molecular weight is 254 g/mol. The smallest absolute Gasteiger partial charge is 0.234 e. The SMILES string of the molecule is CCC(C)(C)NC(=O)CNC1CCCC(C)C1C. The lowest BCUT2D eigenvalue weighted by molar-refractivity contribution is -0.122. The zero-order valence-corrected chi connectivity index (χ0v) is 12.7. The molecule has 1 fully saturated rings. The molecule has 0 aliphatic heterocycles. The van der Waals surface area contributed by atoms with Crippen LogP contribution in [0.2, 0.25) is 0 Å². The Kier molecular flexibility index (Phi) is 5.64. The first-order valence-electron chi connectivity index (χ1n) is 7.40. The Bertz CT molecular complexity index is 276. The van der Waals surface area contributed by atoms with Gasteiger partial charge in [0.1, 0.15) is 0 Å². The molecule has 0 radical (unpaired) electrons. The van der Waals surface area contributed by atoms with Crippen molar-refractivity contribution in [3.63, 3.8) is 0 Å². The van der Waals surface area contributed by atoms with Crippen LogP contribution in [0.1, 0.15) is 60.3 Å². The Labute approximate surface area is 112 Å². The third kappa shape index (κ3) is 4.60. The van der Waals surface area contributed by atoms with Crippen LogP contribution in [0, 0.1) is 11.8 Å². The van der Waals surface area contributed by atoms with Crippen LogP contribution in [0.5, 0.6) is 0 Å². The van der Waals surface area contributed by atoms with Crippen molar-refractivity contribution in [2.75, 3.05) is 6.54 Å². The average Bonchev–Trinajstić information content (AvgIpc) is 2.30. The number of rotatable bonds is 5. The van der Waals surface area contributed by atoms with Gasteiger partial charge in [-0.25, -0.2) is 0 Å². The minimum absolute atomic E-state index is 0.0930. The Morgan fingerprint density at radius 2 is 1.94 bits per heavy atom. The molecule has 1 saturated carbocycles. The fraction of sp³-hybridized carbons (Fsp3) is 0.933. The zero-order valence-electron chi connectivity index (χ0n) is 12.7. The van der Waals surface area contributed by atoms with Crippen molar-refractivity contribution >= 4 is 5.91 Å². The molecular formula is C15H30N2O. The second-order valence-corrected chi connectivity index (χ2v) is 6.54. The minimum Gasteiger partial charge on any atom is -0.350 e. The molecule has 1 rings (SSSR count). The molecule has 0 saturated heterocycles. The highest BCUT2D eigenvalue weighted by atomic mass is 16.2. The first-order chi connectivity index (χ1) is 8.35. The van der Waals surface area contributed by atoms with E-state index in [0.717, 1.165) is 12.3 Å². The van der Waals surface area contributed by atoms with Gasteiger partial charge in [-0.1, -0.05) is 33.6 Å². The maximum atomic E-state index is 11.9. The van der Waals surface area contributed by atoms with E-state index < -0.39 is 0 Å². The van der Waals surface area contributed by atoms with E-state index in [4.69, 9.17) is 0 Å². The van der Waals surface area contributed by atoms with E-state index in [1.807, 2.05) is 0 Å². The van der Waals surface area contributed by atoms with Crippen molar-refractivity contribution in [2.24, 2.45) is 11.8 Å². The maximum Gasteiger partial charge on any atom is 0.234 e. The zero-order chi connectivity index (χ0) is 13.8. The van der Waals surface area contributed by atoms with Gasteiger partial charge >= 0.3 is 0 Å². The third-order valence-corrected chi connectivity index (χ3v) is 4.59. The first-order valence-corrected chi connectivity index (χ1v) is 7.40. The van der Waals surface area contributed by atoms with E-state index in [0.29, 0.717) is 18.5 Å². The maximum absolute atomic E-state index is 11.9. The summed E-state index contributed by atoms with van der Waals surface area (Å²) in [5.74, 6) is 1.56. The lowest BCUT2D eigenvalue weighted by Gasteiger charge is -2.35. The van der Waals surface area contributed by atoms with Crippen LogP contribution in [0.3, 0.4) is 0 Å². The fourth-order valence-electron chi connectivity index (χ4n) is 2.60. The summed E-state index contributed by atoms with van der Waals surface area (Å²) in [6, 6.07) is 0.504. The quantitative estimate of drug-likeness (QED) is 0.792. The number of amides is 1. The molecule has 0 aromatic carbocycles. The van der Waals surface area contributed by atoms with Gasteiger partial charge in [-0.3, -0.25) is 4.79 Å². The molecule has 18 heavy (non-hydrogen) atoms. The van der Waals surface area contributed by atoms with Gasteiger partial charge in [0.25, 0.3) is 0 Å². The Balaban J connectivity index is 2.34. The summed E-state index contributed by atoms with van der Waals surface area (Å²) in [4.78, 5) is 11.9. The molecule has 3 unspecified atom stereocenters. The summed E-state index contributed by atoms with van der Waals surface area (Å²) in [6.07, 6.45) is 4.77. The second-order valence-electron chi connectivity index (χ2n) is 6.54. The molecule has 2 N–H and O–H groups in total. The van der Waals surface area contributed by atoms with Crippen LogP contribution in [0.25, 0.3) is 0 Å². The summed E-state index contributed by atoms with van der Waals surface area (Å²) in [5, 5.41) is 6.51. The molecular weight excluding hydrogens is 224 g/mol. The lowest BCUT2D eigenvalue weighted by atomic mass is 9.78. The van der Waals surface area contributed by atoms with Gasteiger partial charge in [0.15, 0.2) is 0 Å². The summed E-state index contributed by atoms with van der Waals surface area (Å²) < 4.78 is 0. The molecule has 106 valence electrons. The predicted octanol–water partition coefficient (Wildman–Crippen LogP) is 2.71. The molecule has 3 atom stereocenters. The van der Waals surface area contributed by atoms with Crippen LogP contribution in [0.15, 0.2) is 0 Å². The molecule has 0 aromatic heterocycles. The molecule has 1 amide bonds. The van der Waals surface area contributed by atoms with Gasteiger partial charge in [0.2, 0.25) is 5.91 Å². The normalized spacial score (nSPS) is 29.1. The summed E-state index contributed by atoms with van der Waals surface area (Å²) in [5.41, 5.74) is -0.0930. The van der Waals surface area contributed by atoms with Crippen LogP contribution in [-0.2, 0) is 4.79 Å². The van der Waals surface area contributed by atoms with Crippen molar-refractivity contribution in [3.8, 4) is 0 Å². The number of carbonyl (C=O) groups excluding carboxylic acids is 1. The van der Waals surface area contributed by atoms with Crippen molar-refractivity contribution in [1.82, 2.24) is 10.6 Å². The molecule has 3 nitrogen and oxygen atoms in total. The van der Waals surface area contributed by atoms with Gasteiger partial charge in [0.05, 0.1) is 6.54 Å². The molecule has 0 bridgehead atoms. The lowest BCUT2D eigenvalue weighted by Crippen LogP contribution is -2.50. The largest absolute Gasteiger partial charge is 0.350 e. The van der Waals surface area contributed by atoms with E-state index in [1.54, 1.807) is 0 Å². The summed E-state index contributed by atoms with van der Waals surface area (Å²) >= 11 is 0. The van der Waals surface area contributed by atoms with Crippen LogP contribution in [-0.4, -0.2) is 24.0 Å². The van der Waals surface area contributed by atoms with Crippen LogP contribution < -0.4 is 10.6 Å². The highest BCUT2D eigenvalue weighted by Gasteiger charge is 2.27. The molecule has 3 heteroatoms. The standard InChI is InChI=1S/C15H30N2O/c1-6-15(4,5)17-14(18)10-16-13-9-7-8-11(2)12(13)3/h11-13,16H,6-10H2,1-5H3,(H,17,18). The first kappa shape index (κ1) is 15.5. The van der Waals surface area contributed by atoms with E-state index >= 15 is 0 Å². The minimum atomic E-state index is -0.0930. The number of carbonyl (C=O) groups is 1. The monoisotopic (exact) mass is 254 g/mol. The molecule has 0 spiro atoms. The summed E-state index contributed by atoms with van der Waals surface area (Å²) in [7, 11) is 0. The third-order valence-electron chi connectivity index (χ3n) is 4.59. The topological polar surface area (TPSA) is 41.1 Å². The van der Waals surface area contributed by atoms with E-state index in [1.165, 1.54) is 19.3 Å². The van der Waals surface area contributed by atoms with Gasteiger partial charge in [0, 0.05) is 11.6 Å². The van der Waals surface area contributed by atoms with Crippen molar-refractivity contribution < 1.29 is 4.79 Å². The van der Waals surface area contributed by atoms with Gasteiger partial charge < -0.3 is 10.6 Å². The van der Waals surface area contributed by atoms with Crippen LogP contribution >= 0.6 is 0 Å². The highest BCUT2D eigenvalue weighted by molar-refractivity contribution is 5.78. The number of hydrogen-bond acceptors (Lipinski definition) is 2. The van der Waals surface area contributed by atoms with Crippen molar-refractivity contribution in [3.05, 3.63) is 0 Å². The molecule has 1 aliphatic rings. The predicted molar refractivity (Wildman–Crippen MR) is 76.5 cm³/mol. The van der Waals surface area contributed by atoms with Gasteiger partial charge in [-0.05, 0) is 38.5 Å². The second kappa shape index (κ2) is 6.55. The number of nitrogens with one attached hydrogen (secondary N) is 2. The van der Waals surface area contributed by atoms with Gasteiger partial charge in [-0.15, -0.1) is 0 Å².